The molecule has 1 aliphatic heterocycles. The zero-order chi connectivity index (χ0) is 21.7. The number of nitrogens with zero attached hydrogens (tertiary/aromatic N) is 2. The van der Waals surface area contributed by atoms with E-state index in [0.717, 1.165) is 0 Å². The van der Waals surface area contributed by atoms with Gasteiger partial charge < -0.3 is 15.0 Å². The molecule has 0 radical (unpaired) electrons. The van der Waals surface area contributed by atoms with Gasteiger partial charge in [0.15, 0.2) is 5.11 Å². The van der Waals surface area contributed by atoms with Gasteiger partial charge in [-0.3, -0.25) is 14.5 Å². The molecule has 8 heteroatoms. The van der Waals surface area contributed by atoms with Gasteiger partial charge in [0.2, 0.25) is 5.91 Å². The number of halogens is 1. The number of anilines is 1. The Bertz CT molecular complexity index is 935. The summed E-state index contributed by atoms with van der Waals surface area (Å²) >= 11 is 5.38. The van der Waals surface area contributed by atoms with Crippen LogP contribution in [0.2, 0.25) is 0 Å². The van der Waals surface area contributed by atoms with Gasteiger partial charge in [0.25, 0.3) is 5.91 Å². The highest BCUT2D eigenvalue weighted by Crippen LogP contribution is 2.22. The summed E-state index contributed by atoms with van der Waals surface area (Å²) in [5.74, 6) is -0.123. The molecule has 1 atom stereocenters. The first-order chi connectivity index (χ1) is 14.4. The molecule has 0 unspecified atom stereocenters. The summed E-state index contributed by atoms with van der Waals surface area (Å²) in [6.07, 6.45) is 0.332. The summed E-state index contributed by atoms with van der Waals surface area (Å²) in [7, 11) is 1.59. The topological polar surface area (TPSA) is 61.9 Å². The Morgan fingerprint density at radius 2 is 1.90 bits per heavy atom. The quantitative estimate of drug-likeness (QED) is 0.653. The van der Waals surface area contributed by atoms with E-state index in [9.17, 15) is 14.0 Å². The van der Waals surface area contributed by atoms with Gasteiger partial charge in [-0.25, -0.2) is 4.39 Å². The van der Waals surface area contributed by atoms with Crippen molar-refractivity contribution in [2.45, 2.75) is 25.8 Å². The molecule has 0 saturated carbocycles. The number of hydrogen-bond acceptors (Lipinski definition) is 4. The number of carbonyl (C=O) groups is 2. The third-order valence-corrected chi connectivity index (χ3v) is 5.44. The van der Waals surface area contributed by atoms with Crippen LogP contribution in [0.5, 0.6) is 5.75 Å². The van der Waals surface area contributed by atoms with Crippen LogP contribution >= 0.6 is 12.2 Å². The lowest BCUT2D eigenvalue weighted by atomic mass is 10.1. The van der Waals surface area contributed by atoms with Crippen LogP contribution in [0.3, 0.4) is 0 Å². The number of ether oxygens (including phenoxy) is 1. The highest BCUT2D eigenvalue weighted by atomic mass is 32.1. The normalized spacial score (nSPS) is 16.2. The van der Waals surface area contributed by atoms with Gasteiger partial charge in [-0.05, 0) is 61.5 Å². The second-order valence-electron chi connectivity index (χ2n) is 6.94. The van der Waals surface area contributed by atoms with Crippen LogP contribution in [0.4, 0.5) is 10.1 Å². The SMILES string of the molecule is CCOc1ccc(NC(=O)C[C@@H]2C(=O)N(C)C(=S)N2CCc2ccccc2F)cc1. The first kappa shape index (κ1) is 21.7. The van der Waals surface area contributed by atoms with E-state index in [2.05, 4.69) is 5.32 Å². The van der Waals surface area contributed by atoms with Gasteiger partial charge >= 0.3 is 0 Å². The summed E-state index contributed by atoms with van der Waals surface area (Å²) < 4.78 is 19.3. The first-order valence-electron chi connectivity index (χ1n) is 9.75. The second-order valence-corrected chi connectivity index (χ2v) is 7.31. The number of likely N-dealkylation sites (N-methyl/N-ethyl adjacent to an activating group) is 1. The first-order valence-corrected chi connectivity index (χ1v) is 10.2. The van der Waals surface area contributed by atoms with E-state index in [4.69, 9.17) is 17.0 Å². The zero-order valence-electron chi connectivity index (χ0n) is 16.9. The maximum absolute atomic E-state index is 13.9. The summed E-state index contributed by atoms with van der Waals surface area (Å²) in [4.78, 5) is 28.3. The molecule has 6 nitrogen and oxygen atoms in total. The number of thiocarbonyl (C=S) groups is 1. The number of amides is 2. The van der Waals surface area contributed by atoms with Crippen LogP contribution in [0.15, 0.2) is 48.5 Å². The van der Waals surface area contributed by atoms with Gasteiger partial charge in [0, 0.05) is 19.3 Å². The predicted molar refractivity (Wildman–Crippen MR) is 117 cm³/mol. The van der Waals surface area contributed by atoms with Crippen molar-refractivity contribution >= 4 is 34.8 Å². The minimum Gasteiger partial charge on any atom is -0.494 e. The van der Waals surface area contributed by atoms with Gasteiger partial charge in [0.1, 0.15) is 17.6 Å². The average Bonchev–Trinajstić information content (AvgIpc) is 2.93. The molecule has 0 aromatic heterocycles. The zero-order valence-corrected chi connectivity index (χ0v) is 17.7. The molecular formula is C22H24FN3O3S. The van der Waals surface area contributed by atoms with E-state index >= 15 is 0 Å². The molecule has 1 aliphatic rings. The molecule has 1 saturated heterocycles. The van der Waals surface area contributed by atoms with E-state index in [1.54, 1.807) is 54.4 Å². The van der Waals surface area contributed by atoms with Gasteiger partial charge in [0.05, 0.1) is 13.0 Å². The Morgan fingerprint density at radius 3 is 2.57 bits per heavy atom. The molecule has 1 heterocycles. The van der Waals surface area contributed by atoms with Crippen molar-refractivity contribution in [1.82, 2.24) is 9.80 Å². The van der Waals surface area contributed by atoms with Crippen LogP contribution in [0.25, 0.3) is 0 Å². The van der Waals surface area contributed by atoms with Crippen molar-refractivity contribution < 1.29 is 18.7 Å². The fourth-order valence-corrected chi connectivity index (χ4v) is 3.67. The Kier molecular flexibility index (Phi) is 6.99. The summed E-state index contributed by atoms with van der Waals surface area (Å²) in [6, 6.07) is 12.8. The second kappa shape index (κ2) is 9.67. The highest BCUT2D eigenvalue weighted by molar-refractivity contribution is 7.80. The lowest BCUT2D eigenvalue weighted by Gasteiger charge is -2.23. The molecule has 0 aliphatic carbocycles. The highest BCUT2D eigenvalue weighted by Gasteiger charge is 2.41. The molecule has 1 fully saturated rings. The van der Waals surface area contributed by atoms with Crippen molar-refractivity contribution in [3.63, 3.8) is 0 Å². The molecule has 1 N–H and O–H groups in total. The number of rotatable bonds is 8. The molecular weight excluding hydrogens is 405 g/mol. The van der Waals surface area contributed by atoms with Crippen molar-refractivity contribution in [3.05, 3.63) is 59.9 Å². The molecule has 0 bridgehead atoms. The summed E-state index contributed by atoms with van der Waals surface area (Å²) in [6.45, 7) is 2.80. The van der Waals surface area contributed by atoms with Crippen LogP contribution in [-0.4, -0.2) is 53.0 Å². The Labute approximate surface area is 180 Å². The molecule has 2 aromatic rings. The summed E-state index contributed by atoms with van der Waals surface area (Å²) in [5, 5.41) is 3.14. The molecule has 2 aromatic carbocycles. The largest absolute Gasteiger partial charge is 0.494 e. The van der Waals surface area contributed by atoms with E-state index in [1.807, 2.05) is 6.92 Å². The monoisotopic (exact) mass is 429 g/mol. The van der Waals surface area contributed by atoms with Crippen molar-refractivity contribution in [1.29, 1.82) is 0 Å². The van der Waals surface area contributed by atoms with Crippen LogP contribution < -0.4 is 10.1 Å². The lowest BCUT2D eigenvalue weighted by Crippen LogP contribution is -2.39. The maximum atomic E-state index is 13.9. The number of carbonyl (C=O) groups excluding carboxylic acids is 2. The third kappa shape index (κ3) is 4.94. The van der Waals surface area contributed by atoms with Crippen LogP contribution in [0, 0.1) is 5.82 Å². The Hall–Kier alpha value is -3.00. The smallest absolute Gasteiger partial charge is 0.251 e. The standard InChI is InChI=1S/C22H24FN3O3S/c1-3-29-17-10-8-16(9-11-17)24-20(27)14-19-21(28)25(2)22(30)26(19)13-12-15-6-4-5-7-18(15)23/h4-11,19H,3,12-14H2,1-2H3,(H,24,27)/t19-/m1/s1. The number of hydrogen-bond donors (Lipinski definition) is 1. The van der Waals surface area contributed by atoms with Gasteiger partial charge in [-0.2, -0.15) is 0 Å². The number of nitrogens with one attached hydrogen (secondary N) is 1. The minimum absolute atomic E-state index is 0.0478. The molecule has 0 spiro atoms. The van der Waals surface area contributed by atoms with E-state index in [1.165, 1.54) is 11.0 Å². The van der Waals surface area contributed by atoms with Crippen molar-refractivity contribution in [3.8, 4) is 5.75 Å². The molecule has 2 amide bonds. The predicted octanol–water partition coefficient (Wildman–Crippen LogP) is 3.22. The van der Waals surface area contributed by atoms with Crippen molar-refractivity contribution in [2.75, 3.05) is 25.5 Å². The fourth-order valence-electron chi connectivity index (χ4n) is 3.36. The number of benzene rings is 2. The minimum atomic E-state index is -0.711. The van der Waals surface area contributed by atoms with E-state index in [-0.39, 0.29) is 24.1 Å². The lowest BCUT2D eigenvalue weighted by molar-refractivity contribution is -0.130. The van der Waals surface area contributed by atoms with E-state index in [0.29, 0.717) is 41.7 Å². The van der Waals surface area contributed by atoms with Gasteiger partial charge in [-0.1, -0.05) is 18.2 Å². The molecule has 158 valence electrons. The fraction of sp³-hybridized carbons (Fsp3) is 0.318. The Balaban J connectivity index is 1.65. The van der Waals surface area contributed by atoms with Crippen LogP contribution in [0.1, 0.15) is 18.9 Å². The van der Waals surface area contributed by atoms with Crippen LogP contribution in [-0.2, 0) is 16.0 Å². The molecule has 3 rings (SSSR count). The Morgan fingerprint density at radius 1 is 1.20 bits per heavy atom. The van der Waals surface area contributed by atoms with Crippen molar-refractivity contribution in [2.24, 2.45) is 0 Å². The summed E-state index contributed by atoms with van der Waals surface area (Å²) in [5.41, 5.74) is 1.16. The third-order valence-electron chi connectivity index (χ3n) is 4.93. The maximum Gasteiger partial charge on any atom is 0.251 e. The van der Waals surface area contributed by atoms with Gasteiger partial charge in [-0.15, -0.1) is 0 Å². The average molecular weight is 430 g/mol. The molecule has 30 heavy (non-hydrogen) atoms. The van der Waals surface area contributed by atoms with E-state index < -0.39 is 6.04 Å².